The first kappa shape index (κ1) is 12.1. The van der Waals surface area contributed by atoms with Crippen LogP contribution in [0.15, 0.2) is 12.1 Å². The van der Waals surface area contributed by atoms with Gasteiger partial charge in [0.15, 0.2) is 0 Å². The molecular weight excluding hydrogens is 237 g/mol. The summed E-state index contributed by atoms with van der Waals surface area (Å²) in [6.07, 6.45) is 0. The maximum absolute atomic E-state index is 13.7. The number of hydrogen-bond acceptors (Lipinski definition) is 4. The van der Waals surface area contributed by atoms with Crippen LogP contribution in [-0.2, 0) is 0 Å². The van der Waals surface area contributed by atoms with Gasteiger partial charge in [-0.3, -0.25) is 0 Å². The van der Waals surface area contributed by atoms with Gasteiger partial charge in [-0.2, -0.15) is 5.26 Å². The Morgan fingerprint density at radius 3 is 2.94 bits per heavy atom. The molecule has 5 heteroatoms. The summed E-state index contributed by atoms with van der Waals surface area (Å²) in [6.45, 7) is 4.09. The number of hydrogen-bond donors (Lipinski definition) is 1. The molecule has 1 aromatic carbocycles. The third-order valence-corrected chi connectivity index (χ3v) is 3.55. The molecule has 1 aliphatic rings. The van der Waals surface area contributed by atoms with Crippen molar-refractivity contribution in [2.75, 3.05) is 22.0 Å². The van der Waals surface area contributed by atoms with Crippen LogP contribution >= 0.6 is 11.8 Å². The molecule has 0 aromatic heterocycles. The van der Waals surface area contributed by atoms with Gasteiger partial charge in [-0.1, -0.05) is 0 Å². The number of nitrogens with one attached hydrogen (secondary N) is 1. The minimum Gasteiger partial charge on any atom is -0.374 e. The van der Waals surface area contributed by atoms with Gasteiger partial charge in [0.2, 0.25) is 0 Å². The number of thioether (sulfide) groups is 1. The second-order valence-electron chi connectivity index (χ2n) is 4.15. The maximum Gasteiger partial charge on any atom is 0.143 e. The second-order valence-corrected chi connectivity index (χ2v) is 5.10. The average Bonchev–Trinajstić information content (AvgIpc) is 2.51. The molecule has 0 radical (unpaired) electrons. The van der Waals surface area contributed by atoms with Gasteiger partial charge < -0.3 is 10.2 Å². The van der Waals surface area contributed by atoms with Crippen molar-refractivity contribution in [1.29, 1.82) is 5.26 Å². The molecule has 0 spiro atoms. The largest absolute Gasteiger partial charge is 0.374 e. The van der Waals surface area contributed by atoms with Crippen molar-refractivity contribution in [2.45, 2.75) is 19.9 Å². The molecule has 90 valence electrons. The van der Waals surface area contributed by atoms with Crippen molar-refractivity contribution >= 4 is 23.1 Å². The first-order valence-electron chi connectivity index (χ1n) is 5.46. The van der Waals surface area contributed by atoms with E-state index in [0.717, 1.165) is 17.4 Å². The molecule has 2 rings (SSSR count). The fourth-order valence-corrected chi connectivity index (χ4v) is 2.83. The van der Waals surface area contributed by atoms with Crippen LogP contribution in [-0.4, -0.2) is 17.8 Å². The Balaban J connectivity index is 2.61. The van der Waals surface area contributed by atoms with Crippen molar-refractivity contribution in [1.82, 2.24) is 0 Å². The highest BCUT2D eigenvalue weighted by Gasteiger charge is 2.23. The van der Waals surface area contributed by atoms with E-state index in [-0.39, 0.29) is 11.6 Å². The molecule has 0 aliphatic carbocycles. The van der Waals surface area contributed by atoms with Crippen LogP contribution in [0.3, 0.4) is 0 Å². The lowest BCUT2D eigenvalue weighted by Gasteiger charge is -2.28. The molecule has 0 saturated carbocycles. The molecule has 17 heavy (non-hydrogen) atoms. The Morgan fingerprint density at radius 1 is 1.53 bits per heavy atom. The fraction of sp³-hybridized carbons (Fsp3) is 0.417. The van der Waals surface area contributed by atoms with Gasteiger partial charge >= 0.3 is 0 Å². The highest BCUT2D eigenvalue weighted by atomic mass is 32.2. The molecule has 1 aliphatic heterocycles. The summed E-state index contributed by atoms with van der Waals surface area (Å²) in [5.74, 6) is 1.08. The minimum atomic E-state index is -0.453. The molecule has 3 nitrogen and oxygen atoms in total. The number of fused-ring (bicyclic) bond motifs is 1. The SMILES string of the molecule is CC(C)N1CSCNc2ccc(F)c(C#N)c21. The standard InChI is InChI=1S/C12H14FN3S/c1-8(2)16-7-17-6-15-11-4-3-10(13)9(5-14)12(11)16/h3-4,8,15H,6-7H2,1-2H3. The molecule has 0 fully saturated rings. The molecule has 1 heterocycles. The van der Waals surface area contributed by atoms with Crippen LogP contribution in [0.25, 0.3) is 0 Å². The average molecular weight is 251 g/mol. The Hall–Kier alpha value is -1.41. The lowest BCUT2D eigenvalue weighted by molar-refractivity contribution is 0.621. The fourth-order valence-electron chi connectivity index (χ4n) is 1.86. The van der Waals surface area contributed by atoms with Gasteiger partial charge in [0.05, 0.1) is 23.1 Å². The van der Waals surface area contributed by atoms with Crippen LogP contribution in [0.5, 0.6) is 0 Å². The van der Waals surface area contributed by atoms with Crippen molar-refractivity contribution in [3.05, 3.63) is 23.5 Å². The van der Waals surface area contributed by atoms with Crippen molar-refractivity contribution in [3.8, 4) is 6.07 Å². The molecule has 0 unspecified atom stereocenters. The van der Waals surface area contributed by atoms with E-state index >= 15 is 0 Å². The van der Waals surface area contributed by atoms with Crippen LogP contribution in [0.1, 0.15) is 19.4 Å². The van der Waals surface area contributed by atoms with Gasteiger partial charge in [0.25, 0.3) is 0 Å². The Morgan fingerprint density at radius 2 is 2.29 bits per heavy atom. The Kier molecular flexibility index (Phi) is 3.43. The van der Waals surface area contributed by atoms with E-state index in [9.17, 15) is 4.39 Å². The van der Waals surface area contributed by atoms with Gasteiger partial charge in [-0.25, -0.2) is 4.39 Å². The number of rotatable bonds is 1. The summed E-state index contributed by atoms with van der Waals surface area (Å²) in [4.78, 5) is 2.06. The van der Waals surface area contributed by atoms with Gasteiger partial charge in [-0.05, 0) is 26.0 Å². The van der Waals surface area contributed by atoms with E-state index in [2.05, 4.69) is 10.2 Å². The van der Waals surface area contributed by atoms with Gasteiger partial charge in [0.1, 0.15) is 17.4 Å². The summed E-state index contributed by atoms with van der Waals surface area (Å²) in [6, 6.07) is 5.25. The molecular formula is C12H14FN3S. The zero-order valence-corrected chi connectivity index (χ0v) is 10.6. The predicted molar refractivity (Wildman–Crippen MR) is 69.7 cm³/mol. The third kappa shape index (κ3) is 2.18. The van der Waals surface area contributed by atoms with E-state index < -0.39 is 5.82 Å². The summed E-state index contributed by atoms with van der Waals surface area (Å²) in [7, 11) is 0. The Labute approximate surface area is 105 Å². The number of nitriles is 1. The molecule has 0 amide bonds. The topological polar surface area (TPSA) is 39.1 Å². The van der Waals surface area contributed by atoms with E-state index in [1.54, 1.807) is 17.8 Å². The van der Waals surface area contributed by atoms with E-state index in [1.165, 1.54) is 6.07 Å². The summed E-state index contributed by atoms with van der Waals surface area (Å²) >= 11 is 1.72. The summed E-state index contributed by atoms with van der Waals surface area (Å²) < 4.78 is 13.7. The van der Waals surface area contributed by atoms with Crippen molar-refractivity contribution in [3.63, 3.8) is 0 Å². The zero-order valence-electron chi connectivity index (χ0n) is 9.83. The second kappa shape index (κ2) is 4.84. The van der Waals surface area contributed by atoms with Crippen LogP contribution in [0.4, 0.5) is 15.8 Å². The van der Waals surface area contributed by atoms with Crippen LogP contribution in [0, 0.1) is 17.1 Å². The summed E-state index contributed by atoms with van der Waals surface area (Å²) in [5.41, 5.74) is 1.65. The molecule has 0 bridgehead atoms. The molecule has 1 aromatic rings. The minimum absolute atomic E-state index is 0.131. The van der Waals surface area contributed by atoms with Crippen LogP contribution < -0.4 is 10.2 Å². The van der Waals surface area contributed by atoms with Gasteiger partial charge in [-0.15, -0.1) is 11.8 Å². The lowest BCUT2D eigenvalue weighted by Crippen LogP contribution is -2.30. The third-order valence-electron chi connectivity index (χ3n) is 2.74. The van der Waals surface area contributed by atoms with E-state index in [1.807, 2.05) is 19.9 Å². The smallest absolute Gasteiger partial charge is 0.143 e. The van der Waals surface area contributed by atoms with Crippen molar-refractivity contribution < 1.29 is 4.39 Å². The normalized spacial score (nSPS) is 14.9. The monoisotopic (exact) mass is 251 g/mol. The zero-order chi connectivity index (χ0) is 12.4. The van der Waals surface area contributed by atoms with Gasteiger partial charge in [0, 0.05) is 6.04 Å². The van der Waals surface area contributed by atoms with E-state index in [4.69, 9.17) is 5.26 Å². The maximum atomic E-state index is 13.7. The van der Waals surface area contributed by atoms with Crippen LogP contribution in [0.2, 0.25) is 0 Å². The first-order valence-corrected chi connectivity index (χ1v) is 6.61. The van der Waals surface area contributed by atoms with E-state index in [0.29, 0.717) is 5.69 Å². The molecule has 0 saturated heterocycles. The number of halogens is 1. The first-order chi connectivity index (χ1) is 8.15. The predicted octanol–water partition coefficient (Wildman–Crippen LogP) is 2.99. The quantitative estimate of drug-likeness (QED) is 0.833. The summed E-state index contributed by atoms with van der Waals surface area (Å²) in [5, 5.41) is 12.3. The highest BCUT2D eigenvalue weighted by Crippen LogP contribution is 2.36. The van der Waals surface area contributed by atoms with Crippen molar-refractivity contribution in [2.24, 2.45) is 0 Å². The number of benzene rings is 1. The Bertz CT molecular complexity index is 468. The number of nitrogens with zero attached hydrogens (tertiary/aromatic N) is 2. The highest BCUT2D eigenvalue weighted by molar-refractivity contribution is 7.99. The lowest BCUT2D eigenvalue weighted by atomic mass is 10.1. The molecule has 0 atom stereocenters. The number of anilines is 2. The molecule has 1 N–H and O–H groups in total.